The Morgan fingerprint density at radius 1 is 0.960 bits per heavy atom. The Hall–Kier alpha value is -2.92. The Morgan fingerprint density at radius 3 is 2.52 bits per heavy atom. The van der Waals surface area contributed by atoms with Crippen molar-refractivity contribution >= 4 is 38.7 Å². The molecule has 0 saturated carbocycles. The fraction of sp³-hybridized carbons (Fsp3) is 0.100. The van der Waals surface area contributed by atoms with Crippen molar-refractivity contribution in [2.24, 2.45) is 0 Å². The minimum atomic E-state index is 0.741. The van der Waals surface area contributed by atoms with E-state index >= 15 is 0 Å². The number of aromatic nitrogens is 2. The second-order valence-corrected chi connectivity index (χ2v) is 6.98. The molecule has 0 amide bonds. The molecule has 2 aromatic carbocycles. The zero-order valence-electron chi connectivity index (χ0n) is 14.1. The summed E-state index contributed by atoms with van der Waals surface area (Å²) in [7, 11) is 0. The number of hydrogen-bond acceptors (Lipinski definition) is 5. The molecule has 0 aliphatic carbocycles. The van der Waals surface area contributed by atoms with Crippen molar-refractivity contribution in [1.29, 1.82) is 0 Å². The van der Waals surface area contributed by atoms with Gasteiger partial charge in [-0.15, -0.1) is 11.3 Å². The van der Waals surface area contributed by atoms with Gasteiger partial charge in [0, 0.05) is 22.3 Å². The van der Waals surface area contributed by atoms with Crippen molar-refractivity contribution in [3.8, 4) is 11.1 Å². The summed E-state index contributed by atoms with van der Waals surface area (Å²) in [5.74, 6) is 0.811. The smallest absolute Gasteiger partial charge is 0.143 e. The number of nitrogens with two attached hydrogens (primary N) is 1. The van der Waals surface area contributed by atoms with Crippen LogP contribution in [0.15, 0.2) is 54.2 Å². The van der Waals surface area contributed by atoms with Gasteiger partial charge in [-0.1, -0.05) is 23.8 Å². The lowest BCUT2D eigenvalue weighted by atomic mass is 9.99. The van der Waals surface area contributed by atoms with Crippen molar-refractivity contribution in [2.45, 2.75) is 13.8 Å². The molecule has 5 heteroatoms. The Labute approximate surface area is 150 Å². The maximum Gasteiger partial charge on any atom is 0.143 e. The summed E-state index contributed by atoms with van der Waals surface area (Å²) in [6, 6.07) is 14.2. The molecule has 4 nitrogen and oxygen atoms in total. The molecule has 4 rings (SSSR count). The monoisotopic (exact) mass is 346 g/mol. The molecule has 0 spiro atoms. The number of nitrogens with zero attached hydrogens (tertiary/aromatic N) is 2. The standard InChI is InChI=1S/C20H18N4S/c1-12-3-8-16(13(2)9-12)17-10-25-20-18(17)19(22-11-23-20)24-15-6-4-14(21)5-7-15/h3-11H,21H2,1-2H3,(H,22,23,24). The third-order valence-electron chi connectivity index (χ3n) is 4.22. The van der Waals surface area contributed by atoms with Crippen molar-refractivity contribution in [2.75, 3.05) is 11.1 Å². The normalized spacial score (nSPS) is 11.0. The van der Waals surface area contributed by atoms with E-state index in [1.54, 1.807) is 17.7 Å². The van der Waals surface area contributed by atoms with Crippen LogP contribution in [0.1, 0.15) is 11.1 Å². The number of nitrogen functional groups attached to an aromatic ring is 1. The lowest BCUT2D eigenvalue weighted by Gasteiger charge is -2.10. The summed E-state index contributed by atoms with van der Waals surface area (Å²) in [6.07, 6.45) is 1.60. The highest BCUT2D eigenvalue weighted by molar-refractivity contribution is 7.17. The van der Waals surface area contributed by atoms with E-state index in [2.05, 4.69) is 52.7 Å². The van der Waals surface area contributed by atoms with E-state index in [9.17, 15) is 0 Å². The Balaban J connectivity index is 1.85. The molecule has 0 unspecified atom stereocenters. The predicted molar refractivity (Wildman–Crippen MR) is 106 cm³/mol. The van der Waals surface area contributed by atoms with Gasteiger partial charge < -0.3 is 11.1 Å². The topological polar surface area (TPSA) is 63.8 Å². The molecule has 0 aliphatic heterocycles. The number of benzene rings is 2. The van der Waals surface area contributed by atoms with Gasteiger partial charge in [-0.2, -0.15) is 0 Å². The van der Waals surface area contributed by atoms with Crippen LogP contribution >= 0.6 is 11.3 Å². The highest BCUT2D eigenvalue weighted by Crippen LogP contribution is 2.38. The van der Waals surface area contributed by atoms with Crippen LogP contribution in [0.5, 0.6) is 0 Å². The first-order valence-electron chi connectivity index (χ1n) is 8.04. The number of aryl methyl sites for hydroxylation is 2. The second-order valence-electron chi connectivity index (χ2n) is 6.12. The van der Waals surface area contributed by atoms with Gasteiger partial charge in [0.1, 0.15) is 17.0 Å². The average Bonchev–Trinajstić information content (AvgIpc) is 3.02. The van der Waals surface area contributed by atoms with Gasteiger partial charge in [0.15, 0.2) is 0 Å². The Bertz CT molecular complexity index is 1050. The molecule has 4 aromatic rings. The predicted octanol–water partition coefficient (Wildman–Crippen LogP) is 5.30. The third kappa shape index (κ3) is 2.94. The van der Waals surface area contributed by atoms with E-state index in [1.165, 1.54) is 16.7 Å². The van der Waals surface area contributed by atoms with Gasteiger partial charge in [0.2, 0.25) is 0 Å². The largest absolute Gasteiger partial charge is 0.399 e. The number of rotatable bonds is 3. The highest BCUT2D eigenvalue weighted by atomic mass is 32.1. The lowest BCUT2D eigenvalue weighted by molar-refractivity contribution is 1.23. The van der Waals surface area contributed by atoms with Gasteiger partial charge in [0.25, 0.3) is 0 Å². The molecule has 0 saturated heterocycles. The molecule has 124 valence electrons. The highest BCUT2D eigenvalue weighted by Gasteiger charge is 2.14. The van der Waals surface area contributed by atoms with E-state index in [4.69, 9.17) is 5.73 Å². The van der Waals surface area contributed by atoms with E-state index in [0.717, 1.165) is 33.0 Å². The number of nitrogens with one attached hydrogen (secondary N) is 1. The zero-order valence-corrected chi connectivity index (χ0v) is 14.9. The average molecular weight is 346 g/mol. The molecular formula is C20H18N4S. The van der Waals surface area contributed by atoms with Crippen LogP contribution in [0, 0.1) is 13.8 Å². The maximum atomic E-state index is 5.77. The lowest BCUT2D eigenvalue weighted by Crippen LogP contribution is -1.96. The summed E-state index contributed by atoms with van der Waals surface area (Å²) < 4.78 is 0. The molecule has 0 atom stereocenters. The molecule has 25 heavy (non-hydrogen) atoms. The molecule has 2 aromatic heterocycles. The summed E-state index contributed by atoms with van der Waals surface area (Å²) >= 11 is 1.64. The number of thiophene rings is 1. The van der Waals surface area contributed by atoms with Crippen molar-refractivity contribution in [3.05, 3.63) is 65.3 Å². The first-order chi connectivity index (χ1) is 12.1. The fourth-order valence-electron chi connectivity index (χ4n) is 2.99. The Morgan fingerprint density at radius 2 is 1.76 bits per heavy atom. The molecule has 0 aliphatic rings. The van der Waals surface area contributed by atoms with Crippen LogP contribution in [0.2, 0.25) is 0 Å². The van der Waals surface area contributed by atoms with Crippen LogP contribution in [0.25, 0.3) is 21.3 Å². The van der Waals surface area contributed by atoms with E-state index in [0.29, 0.717) is 0 Å². The molecule has 2 heterocycles. The zero-order chi connectivity index (χ0) is 17.4. The Kier molecular flexibility index (Phi) is 3.86. The quantitative estimate of drug-likeness (QED) is 0.494. The van der Waals surface area contributed by atoms with Gasteiger partial charge in [-0.05, 0) is 49.2 Å². The van der Waals surface area contributed by atoms with E-state index < -0.39 is 0 Å². The van der Waals surface area contributed by atoms with E-state index in [-0.39, 0.29) is 0 Å². The number of anilines is 3. The summed E-state index contributed by atoms with van der Waals surface area (Å²) in [5.41, 5.74) is 12.4. The van der Waals surface area contributed by atoms with Gasteiger partial charge in [-0.3, -0.25) is 0 Å². The summed E-state index contributed by atoms with van der Waals surface area (Å²) in [6.45, 7) is 4.25. The molecule has 0 fully saturated rings. The van der Waals surface area contributed by atoms with Crippen LogP contribution in [0.3, 0.4) is 0 Å². The van der Waals surface area contributed by atoms with Crippen LogP contribution in [-0.4, -0.2) is 9.97 Å². The minimum Gasteiger partial charge on any atom is -0.399 e. The minimum absolute atomic E-state index is 0.741. The first-order valence-corrected chi connectivity index (χ1v) is 8.92. The van der Waals surface area contributed by atoms with Crippen LogP contribution in [0.4, 0.5) is 17.2 Å². The van der Waals surface area contributed by atoms with Gasteiger partial charge >= 0.3 is 0 Å². The summed E-state index contributed by atoms with van der Waals surface area (Å²) in [4.78, 5) is 9.90. The molecule has 3 N–H and O–H groups in total. The molecule has 0 radical (unpaired) electrons. The molecular weight excluding hydrogens is 328 g/mol. The maximum absolute atomic E-state index is 5.77. The van der Waals surface area contributed by atoms with Crippen LogP contribution < -0.4 is 11.1 Å². The third-order valence-corrected chi connectivity index (χ3v) is 5.10. The van der Waals surface area contributed by atoms with Gasteiger partial charge in [0.05, 0.1) is 5.39 Å². The second kappa shape index (κ2) is 6.18. The van der Waals surface area contributed by atoms with Crippen molar-refractivity contribution in [3.63, 3.8) is 0 Å². The summed E-state index contributed by atoms with van der Waals surface area (Å²) in [5, 5.41) is 6.61. The first kappa shape index (κ1) is 15.6. The SMILES string of the molecule is Cc1ccc(-c2csc3ncnc(Nc4ccc(N)cc4)c23)c(C)c1. The number of hydrogen-bond donors (Lipinski definition) is 2. The van der Waals surface area contributed by atoms with E-state index in [1.807, 2.05) is 24.3 Å². The molecule has 0 bridgehead atoms. The fourth-order valence-corrected chi connectivity index (χ4v) is 3.89. The van der Waals surface area contributed by atoms with Crippen molar-refractivity contribution in [1.82, 2.24) is 9.97 Å². The number of fused-ring (bicyclic) bond motifs is 1. The van der Waals surface area contributed by atoms with Crippen LogP contribution in [-0.2, 0) is 0 Å². The van der Waals surface area contributed by atoms with Crippen molar-refractivity contribution < 1.29 is 0 Å². The van der Waals surface area contributed by atoms with Gasteiger partial charge in [-0.25, -0.2) is 9.97 Å².